The Morgan fingerprint density at radius 3 is 2.85 bits per heavy atom. The maximum Gasteiger partial charge on any atom is 0.225 e. The monoisotopic (exact) mass is 184 g/mol. The Labute approximate surface area is 78.0 Å². The molecule has 0 spiro atoms. The highest BCUT2D eigenvalue weighted by molar-refractivity contribution is 5.38. The lowest BCUT2D eigenvalue weighted by molar-refractivity contribution is 0.149. The predicted molar refractivity (Wildman–Crippen MR) is 50.5 cm³/mol. The van der Waals surface area contributed by atoms with Gasteiger partial charge in [0.05, 0.1) is 12.3 Å². The first-order chi connectivity index (χ1) is 6.29. The molecule has 4 nitrogen and oxygen atoms in total. The van der Waals surface area contributed by atoms with Crippen molar-refractivity contribution in [1.29, 1.82) is 0 Å². The molecule has 0 saturated carbocycles. The second-order valence-corrected chi connectivity index (χ2v) is 2.77. The number of nitrogen functional groups attached to an aromatic ring is 1. The average Bonchev–Trinajstić information content (AvgIpc) is 2.47. The number of ether oxygens (including phenoxy) is 1. The number of aromatic nitrogens is 1. The molecule has 1 rings (SSSR count). The second kappa shape index (κ2) is 4.87. The molecule has 1 aromatic rings. The molecule has 0 aliphatic carbocycles. The first-order valence-electron chi connectivity index (χ1n) is 4.60. The first-order valence-corrected chi connectivity index (χ1v) is 4.60. The Bertz CT molecular complexity index is 258. The van der Waals surface area contributed by atoms with Crippen LogP contribution in [0.3, 0.4) is 0 Å². The Morgan fingerprint density at radius 1 is 1.46 bits per heavy atom. The van der Waals surface area contributed by atoms with E-state index < -0.39 is 0 Å². The molecule has 0 unspecified atom stereocenters. The standard InChI is InChI=1S/C9H16N2O2/c1-3-7-8(5-6-12-4-2)11-13-9(7)10/h3-6,10H2,1-2H3. The summed E-state index contributed by atoms with van der Waals surface area (Å²) in [5.74, 6) is 0.439. The third kappa shape index (κ3) is 2.45. The van der Waals surface area contributed by atoms with Gasteiger partial charge in [0.2, 0.25) is 5.88 Å². The molecular weight excluding hydrogens is 168 g/mol. The maximum atomic E-state index is 5.59. The molecule has 0 atom stereocenters. The third-order valence-corrected chi connectivity index (χ3v) is 1.94. The summed E-state index contributed by atoms with van der Waals surface area (Å²) in [7, 11) is 0. The van der Waals surface area contributed by atoms with E-state index in [1.807, 2.05) is 13.8 Å². The maximum absolute atomic E-state index is 5.59. The zero-order valence-electron chi connectivity index (χ0n) is 8.17. The lowest BCUT2D eigenvalue weighted by atomic mass is 10.1. The SMILES string of the molecule is CCOCCc1noc(N)c1CC. The van der Waals surface area contributed by atoms with E-state index in [4.69, 9.17) is 15.0 Å². The van der Waals surface area contributed by atoms with Crippen LogP contribution in [0, 0.1) is 0 Å². The molecule has 0 aliphatic rings. The summed E-state index contributed by atoms with van der Waals surface area (Å²) >= 11 is 0. The van der Waals surface area contributed by atoms with E-state index in [1.165, 1.54) is 0 Å². The van der Waals surface area contributed by atoms with E-state index in [0.29, 0.717) is 12.5 Å². The summed E-state index contributed by atoms with van der Waals surface area (Å²) < 4.78 is 10.1. The van der Waals surface area contributed by atoms with Gasteiger partial charge in [-0.25, -0.2) is 0 Å². The number of nitrogens with two attached hydrogens (primary N) is 1. The van der Waals surface area contributed by atoms with E-state index in [9.17, 15) is 0 Å². The Hall–Kier alpha value is -1.03. The normalized spacial score (nSPS) is 10.6. The molecule has 1 heterocycles. The molecule has 0 radical (unpaired) electrons. The predicted octanol–water partition coefficient (Wildman–Crippen LogP) is 1.40. The summed E-state index contributed by atoms with van der Waals surface area (Å²) in [4.78, 5) is 0. The van der Waals surface area contributed by atoms with Gasteiger partial charge >= 0.3 is 0 Å². The number of nitrogens with zero attached hydrogens (tertiary/aromatic N) is 1. The molecule has 0 amide bonds. The minimum atomic E-state index is 0.439. The smallest absolute Gasteiger partial charge is 0.225 e. The molecule has 13 heavy (non-hydrogen) atoms. The quantitative estimate of drug-likeness (QED) is 0.702. The van der Waals surface area contributed by atoms with Gasteiger partial charge in [0.15, 0.2) is 0 Å². The van der Waals surface area contributed by atoms with Crippen molar-refractivity contribution in [1.82, 2.24) is 5.16 Å². The summed E-state index contributed by atoms with van der Waals surface area (Å²) in [6.45, 7) is 5.41. The topological polar surface area (TPSA) is 61.3 Å². The minimum Gasteiger partial charge on any atom is -0.381 e. The summed E-state index contributed by atoms with van der Waals surface area (Å²) in [5, 5.41) is 3.88. The van der Waals surface area contributed by atoms with Crippen molar-refractivity contribution >= 4 is 5.88 Å². The van der Waals surface area contributed by atoms with Crippen LogP contribution in [0.1, 0.15) is 25.1 Å². The van der Waals surface area contributed by atoms with E-state index in [2.05, 4.69) is 5.16 Å². The van der Waals surface area contributed by atoms with Crippen LogP contribution in [-0.4, -0.2) is 18.4 Å². The molecule has 2 N–H and O–H groups in total. The largest absolute Gasteiger partial charge is 0.381 e. The van der Waals surface area contributed by atoms with Crippen LogP contribution in [0.15, 0.2) is 4.52 Å². The highest BCUT2D eigenvalue weighted by Crippen LogP contribution is 2.17. The molecule has 4 heteroatoms. The first kappa shape index (κ1) is 10.1. The fraction of sp³-hybridized carbons (Fsp3) is 0.667. The molecule has 1 aromatic heterocycles. The zero-order chi connectivity index (χ0) is 9.68. The molecule has 0 bridgehead atoms. The van der Waals surface area contributed by atoms with Crippen LogP contribution in [0.5, 0.6) is 0 Å². The van der Waals surface area contributed by atoms with Gasteiger partial charge in [-0.3, -0.25) is 0 Å². The van der Waals surface area contributed by atoms with E-state index in [-0.39, 0.29) is 0 Å². The van der Waals surface area contributed by atoms with Crippen LogP contribution < -0.4 is 5.73 Å². The van der Waals surface area contributed by atoms with Crippen LogP contribution >= 0.6 is 0 Å². The van der Waals surface area contributed by atoms with Gasteiger partial charge < -0.3 is 15.0 Å². The van der Waals surface area contributed by atoms with Crippen LogP contribution in [-0.2, 0) is 17.6 Å². The van der Waals surface area contributed by atoms with Gasteiger partial charge in [-0.2, -0.15) is 0 Å². The van der Waals surface area contributed by atoms with Gasteiger partial charge in [0.1, 0.15) is 0 Å². The summed E-state index contributed by atoms with van der Waals surface area (Å²) in [6.07, 6.45) is 1.63. The van der Waals surface area contributed by atoms with Crippen LogP contribution in [0.25, 0.3) is 0 Å². The average molecular weight is 184 g/mol. The van der Waals surface area contributed by atoms with Crippen molar-refractivity contribution < 1.29 is 9.26 Å². The molecule has 0 fully saturated rings. The molecular formula is C9H16N2O2. The van der Waals surface area contributed by atoms with Crippen molar-refractivity contribution in [2.75, 3.05) is 18.9 Å². The minimum absolute atomic E-state index is 0.439. The van der Waals surface area contributed by atoms with Gasteiger partial charge in [0, 0.05) is 18.6 Å². The second-order valence-electron chi connectivity index (χ2n) is 2.77. The van der Waals surface area contributed by atoms with Gasteiger partial charge in [0.25, 0.3) is 0 Å². The van der Waals surface area contributed by atoms with Crippen LogP contribution in [0.2, 0.25) is 0 Å². The fourth-order valence-electron chi connectivity index (χ4n) is 1.24. The highest BCUT2D eigenvalue weighted by Gasteiger charge is 2.10. The summed E-state index contributed by atoms with van der Waals surface area (Å²) in [5.41, 5.74) is 7.52. The lowest BCUT2D eigenvalue weighted by Gasteiger charge is -1.99. The van der Waals surface area contributed by atoms with Gasteiger partial charge in [-0.05, 0) is 13.3 Å². The van der Waals surface area contributed by atoms with Crippen molar-refractivity contribution in [3.63, 3.8) is 0 Å². The van der Waals surface area contributed by atoms with Crippen molar-refractivity contribution in [2.45, 2.75) is 26.7 Å². The lowest BCUT2D eigenvalue weighted by Crippen LogP contribution is -2.01. The van der Waals surface area contributed by atoms with Crippen molar-refractivity contribution in [3.8, 4) is 0 Å². The van der Waals surface area contributed by atoms with E-state index >= 15 is 0 Å². The number of hydrogen-bond donors (Lipinski definition) is 1. The Morgan fingerprint density at radius 2 is 2.23 bits per heavy atom. The van der Waals surface area contributed by atoms with Gasteiger partial charge in [-0.15, -0.1) is 0 Å². The number of rotatable bonds is 5. The van der Waals surface area contributed by atoms with E-state index in [0.717, 1.165) is 30.7 Å². The molecule has 0 saturated heterocycles. The number of anilines is 1. The zero-order valence-corrected chi connectivity index (χ0v) is 8.17. The van der Waals surface area contributed by atoms with Crippen molar-refractivity contribution in [3.05, 3.63) is 11.3 Å². The Kier molecular flexibility index (Phi) is 3.76. The third-order valence-electron chi connectivity index (χ3n) is 1.94. The Balaban J connectivity index is 2.55. The molecule has 74 valence electrons. The number of hydrogen-bond acceptors (Lipinski definition) is 4. The van der Waals surface area contributed by atoms with E-state index in [1.54, 1.807) is 0 Å². The van der Waals surface area contributed by atoms with Crippen molar-refractivity contribution in [2.24, 2.45) is 0 Å². The summed E-state index contributed by atoms with van der Waals surface area (Å²) in [6, 6.07) is 0. The highest BCUT2D eigenvalue weighted by atomic mass is 16.5. The fourth-order valence-corrected chi connectivity index (χ4v) is 1.24. The van der Waals surface area contributed by atoms with Gasteiger partial charge in [-0.1, -0.05) is 12.1 Å². The van der Waals surface area contributed by atoms with Crippen LogP contribution in [0.4, 0.5) is 5.88 Å². The molecule has 0 aromatic carbocycles. The molecule has 0 aliphatic heterocycles.